The molecule has 16 heavy (non-hydrogen) atoms. The normalized spacial score (nSPS) is 24.3. The van der Waals surface area contributed by atoms with Gasteiger partial charge in [0.1, 0.15) is 0 Å². The summed E-state index contributed by atoms with van der Waals surface area (Å²) in [5.74, 6) is -0.0850. The molecule has 86 valence electrons. The van der Waals surface area contributed by atoms with E-state index in [0.29, 0.717) is 13.2 Å². The van der Waals surface area contributed by atoms with E-state index in [0.717, 1.165) is 12.2 Å². The van der Waals surface area contributed by atoms with Crippen LogP contribution in [0.1, 0.15) is 18.5 Å². The van der Waals surface area contributed by atoms with Gasteiger partial charge in [0.2, 0.25) is 0 Å². The summed E-state index contributed by atoms with van der Waals surface area (Å²) in [7, 11) is 0. The first-order valence-electron chi connectivity index (χ1n) is 5.61. The van der Waals surface area contributed by atoms with E-state index in [9.17, 15) is 4.79 Å². The molecule has 1 aliphatic rings. The zero-order chi connectivity index (χ0) is 11.4. The summed E-state index contributed by atoms with van der Waals surface area (Å²) in [6.07, 6.45) is 1.76. The summed E-state index contributed by atoms with van der Waals surface area (Å²) < 4.78 is 5.07. The Balaban J connectivity index is 2.12. The van der Waals surface area contributed by atoms with E-state index in [1.807, 2.05) is 25.1 Å². The van der Waals surface area contributed by atoms with E-state index in [-0.39, 0.29) is 17.8 Å². The van der Waals surface area contributed by atoms with Gasteiger partial charge in [-0.25, -0.2) is 0 Å². The third-order valence-corrected chi connectivity index (χ3v) is 2.87. The molecular weight excluding hydrogens is 204 g/mol. The number of hydrogen-bond donors (Lipinski definition) is 1. The summed E-state index contributed by atoms with van der Waals surface area (Å²) in [6.45, 7) is 3.74. The number of hydrogen-bond acceptors (Lipinski definition) is 4. The van der Waals surface area contributed by atoms with Crippen LogP contribution in [0.5, 0.6) is 0 Å². The van der Waals surface area contributed by atoms with Crippen LogP contribution in [0.4, 0.5) is 0 Å². The predicted octanol–water partition coefficient (Wildman–Crippen LogP) is 0.948. The molecule has 1 aliphatic heterocycles. The summed E-state index contributed by atoms with van der Waals surface area (Å²) >= 11 is 0. The molecule has 0 bridgehead atoms. The molecule has 0 unspecified atom stereocenters. The molecule has 0 amide bonds. The van der Waals surface area contributed by atoms with Gasteiger partial charge in [0.05, 0.1) is 12.5 Å². The van der Waals surface area contributed by atoms with Crippen LogP contribution in [-0.2, 0) is 9.53 Å². The maximum atomic E-state index is 11.7. The van der Waals surface area contributed by atoms with E-state index < -0.39 is 0 Å². The lowest BCUT2D eigenvalue weighted by molar-refractivity contribution is -0.147. The summed E-state index contributed by atoms with van der Waals surface area (Å²) in [6, 6.07) is 5.79. The van der Waals surface area contributed by atoms with Crippen LogP contribution in [0.25, 0.3) is 0 Å². The lowest BCUT2D eigenvalue weighted by Gasteiger charge is -2.16. The number of aromatic nitrogens is 1. The van der Waals surface area contributed by atoms with Crippen LogP contribution >= 0.6 is 0 Å². The number of pyridine rings is 1. The highest BCUT2D eigenvalue weighted by Gasteiger charge is 2.35. The van der Waals surface area contributed by atoms with Crippen molar-refractivity contribution < 1.29 is 9.53 Å². The first-order chi connectivity index (χ1) is 7.83. The minimum absolute atomic E-state index is 0.102. The van der Waals surface area contributed by atoms with Gasteiger partial charge in [0.25, 0.3) is 0 Å². The maximum Gasteiger partial charge on any atom is 0.310 e. The first kappa shape index (κ1) is 11.1. The molecule has 1 N–H and O–H groups in total. The molecule has 2 heterocycles. The Kier molecular flexibility index (Phi) is 3.51. The van der Waals surface area contributed by atoms with Gasteiger partial charge in [0.15, 0.2) is 0 Å². The molecule has 4 nitrogen and oxygen atoms in total. The van der Waals surface area contributed by atoms with Gasteiger partial charge in [-0.15, -0.1) is 0 Å². The second kappa shape index (κ2) is 5.07. The summed E-state index contributed by atoms with van der Waals surface area (Å²) in [4.78, 5) is 16.0. The average molecular weight is 220 g/mol. The van der Waals surface area contributed by atoms with Crippen LogP contribution in [0.2, 0.25) is 0 Å². The zero-order valence-corrected chi connectivity index (χ0v) is 9.35. The van der Waals surface area contributed by atoms with Gasteiger partial charge in [-0.3, -0.25) is 9.78 Å². The highest BCUT2D eigenvalue weighted by molar-refractivity contribution is 5.74. The Labute approximate surface area is 95.0 Å². The Morgan fingerprint density at radius 1 is 1.56 bits per heavy atom. The van der Waals surface area contributed by atoms with Crippen molar-refractivity contribution in [3.63, 3.8) is 0 Å². The quantitative estimate of drug-likeness (QED) is 0.770. The fourth-order valence-corrected chi connectivity index (χ4v) is 2.08. The van der Waals surface area contributed by atoms with Crippen molar-refractivity contribution in [3.05, 3.63) is 30.1 Å². The fraction of sp³-hybridized carbons (Fsp3) is 0.500. The smallest absolute Gasteiger partial charge is 0.310 e. The monoisotopic (exact) mass is 220 g/mol. The summed E-state index contributed by atoms with van der Waals surface area (Å²) in [5, 5.41) is 3.22. The molecule has 1 aromatic rings. The fourth-order valence-electron chi connectivity index (χ4n) is 2.08. The number of nitrogens with one attached hydrogen (secondary N) is 1. The Morgan fingerprint density at radius 3 is 3.12 bits per heavy atom. The van der Waals surface area contributed by atoms with E-state index in [2.05, 4.69) is 10.3 Å². The second-order valence-corrected chi connectivity index (χ2v) is 3.88. The lowest BCUT2D eigenvalue weighted by Crippen LogP contribution is -2.24. The molecule has 0 aliphatic carbocycles. The van der Waals surface area contributed by atoms with Gasteiger partial charge in [-0.1, -0.05) is 6.07 Å². The van der Waals surface area contributed by atoms with E-state index in [1.165, 1.54) is 0 Å². The SMILES string of the molecule is CCOC(=O)[C@@H]1CNC[C@H]1c1ccccn1. The van der Waals surface area contributed by atoms with Gasteiger partial charge in [-0.05, 0) is 19.1 Å². The number of carbonyl (C=O) groups excluding carboxylic acids is 1. The predicted molar refractivity (Wildman–Crippen MR) is 60.0 cm³/mol. The van der Waals surface area contributed by atoms with E-state index in [1.54, 1.807) is 6.20 Å². The van der Waals surface area contributed by atoms with Gasteiger partial charge < -0.3 is 10.1 Å². The van der Waals surface area contributed by atoms with E-state index in [4.69, 9.17) is 4.74 Å². The Hall–Kier alpha value is -1.42. The van der Waals surface area contributed by atoms with Crippen molar-refractivity contribution in [1.82, 2.24) is 10.3 Å². The third kappa shape index (κ3) is 2.22. The third-order valence-electron chi connectivity index (χ3n) is 2.87. The molecule has 1 saturated heterocycles. The zero-order valence-electron chi connectivity index (χ0n) is 9.35. The minimum Gasteiger partial charge on any atom is -0.466 e. The van der Waals surface area contributed by atoms with Crippen molar-refractivity contribution in [2.75, 3.05) is 19.7 Å². The molecule has 4 heteroatoms. The number of esters is 1. The van der Waals surface area contributed by atoms with Crippen molar-refractivity contribution in [2.24, 2.45) is 5.92 Å². The van der Waals surface area contributed by atoms with Crippen LogP contribution in [0.3, 0.4) is 0 Å². The molecule has 2 atom stereocenters. The molecule has 0 spiro atoms. The molecule has 0 aromatic carbocycles. The van der Waals surface area contributed by atoms with Crippen molar-refractivity contribution in [1.29, 1.82) is 0 Å². The van der Waals surface area contributed by atoms with Gasteiger partial charge in [-0.2, -0.15) is 0 Å². The molecule has 1 aromatic heterocycles. The first-order valence-corrected chi connectivity index (χ1v) is 5.61. The van der Waals surface area contributed by atoms with Crippen LogP contribution < -0.4 is 5.32 Å². The summed E-state index contributed by atoms with van der Waals surface area (Å²) in [5.41, 5.74) is 0.963. The number of nitrogens with zero attached hydrogens (tertiary/aromatic N) is 1. The minimum atomic E-state index is -0.122. The van der Waals surface area contributed by atoms with Crippen molar-refractivity contribution >= 4 is 5.97 Å². The molecular formula is C12H16N2O2. The van der Waals surface area contributed by atoms with Crippen molar-refractivity contribution in [2.45, 2.75) is 12.8 Å². The molecule has 0 radical (unpaired) electrons. The van der Waals surface area contributed by atoms with Crippen LogP contribution in [-0.4, -0.2) is 30.6 Å². The lowest BCUT2D eigenvalue weighted by atomic mass is 9.92. The topological polar surface area (TPSA) is 51.2 Å². The van der Waals surface area contributed by atoms with E-state index >= 15 is 0 Å². The highest BCUT2D eigenvalue weighted by Crippen LogP contribution is 2.27. The van der Waals surface area contributed by atoms with Crippen molar-refractivity contribution in [3.8, 4) is 0 Å². The largest absolute Gasteiger partial charge is 0.466 e. The maximum absolute atomic E-state index is 11.7. The highest BCUT2D eigenvalue weighted by atomic mass is 16.5. The Bertz CT molecular complexity index is 353. The number of rotatable bonds is 3. The van der Waals surface area contributed by atoms with Crippen LogP contribution in [0.15, 0.2) is 24.4 Å². The Morgan fingerprint density at radius 2 is 2.44 bits per heavy atom. The number of ether oxygens (including phenoxy) is 1. The average Bonchev–Trinajstić information content (AvgIpc) is 2.79. The van der Waals surface area contributed by atoms with Gasteiger partial charge in [0, 0.05) is 30.9 Å². The number of carbonyl (C=O) groups is 1. The van der Waals surface area contributed by atoms with Gasteiger partial charge >= 0.3 is 5.97 Å². The second-order valence-electron chi connectivity index (χ2n) is 3.88. The molecule has 0 saturated carbocycles. The molecule has 1 fully saturated rings. The molecule has 2 rings (SSSR count). The standard InChI is InChI=1S/C12H16N2O2/c1-2-16-12(15)10-8-13-7-9(10)11-5-3-4-6-14-11/h3-6,9-10,13H,2,7-8H2,1H3/t9-,10-/m1/s1. The van der Waals surface area contributed by atoms with Crippen LogP contribution in [0, 0.1) is 5.92 Å².